The number of rotatable bonds is 9. The van der Waals surface area contributed by atoms with Crippen molar-refractivity contribution in [2.75, 3.05) is 63.2 Å². The normalized spacial score (nSPS) is 16.4. The molecule has 0 unspecified atom stereocenters. The quantitative estimate of drug-likeness (QED) is 0.335. The Morgan fingerprint density at radius 2 is 1.90 bits per heavy atom. The van der Waals surface area contributed by atoms with E-state index in [0.717, 1.165) is 11.6 Å². The van der Waals surface area contributed by atoms with Gasteiger partial charge in [0.1, 0.15) is 17.6 Å². The van der Waals surface area contributed by atoms with Crippen molar-refractivity contribution in [2.45, 2.75) is 32.4 Å². The fourth-order valence-electron chi connectivity index (χ4n) is 4.93. The number of ether oxygens (including phenoxy) is 2. The lowest BCUT2D eigenvalue weighted by atomic mass is 10.0. The van der Waals surface area contributed by atoms with E-state index in [1.54, 1.807) is 9.80 Å². The molecule has 2 aliphatic heterocycles. The van der Waals surface area contributed by atoms with Crippen LogP contribution in [0, 0.1) is 4.91 Å². The van der Waals surface area contributed by atoms with E-state index in [-0.39, 0.29) is 35.9 Å². The van der Waals surface area contributed by atoms with Crippen molar-refractivity contribution >= 4 is 23.1 Å². The molecule has 2 aliphatic rings. The molecule has 0 spiro atoms. The van der Waals surface area contributed by atoms with Gasteiger partial charge < -0.3 is 29.1 Å². The van der Waals surface area contributed by atoms with Gasteiger partial charge in [-0.3, -0.25) is 4.79 Å². The minimum Gasteiger partial charge on any atom is -0.459 e. The number of hydrogen-bond acceptors (Lipinski definition) is 10. The summed E-state index contributed by atoms with van der Waals surface area (Å²) in [5.41, 5.74) is 1.51. The minimum atomic E-state index is -4.91. The number of fused-ring (bicyclic) bond motifs is 1. The summed E-state index contributed by atoms with van der Waals surface area (Å²) >= 11 is 0. The van der Waals surface area contributed by atoms with Crippen LogP contribution < -0.4 is 19.3 Å². The summed E-state index contributed by atoms with van der Waals surface area (Å²) < 4.78 is 49.7. The van der Waals surface area contributed by atoms with Crippen molar-refractivity contribution in [3.8, 4) is 11.8 Å². The summed E-state index contributed by atoms with van der Waals surface area (Å²) in [4.78, 5) is 40.0. The van der Waals surface area contributed by atoms with E-state index in [1.165, 1.54) is 18.2 Å². The minimum absolute atomic E-state index is 0.0211. The number of alkyl halides is 3. The van der Waals surface area contributed by atoms with Gasteiger partial charge in [0.25, 0.3) is 0 Å². The highest BCUT2D eigenvalue weighted by Crippen LogP contribution is 2.39. The Hall–Kier alpha value is -3.94. The Bertz CT molecular complexity index is 1250. The molecule has 0 saturated carbocycles. The first-order valence-corrected chi connectivity index (χ1v) is 12.8. The Morgan fingerprint density at radius 3 is 2.52 bits per heavy atom. The van der Waals surface area contributed by atoms with Crippen LogP contribution >= 0.6 is 0 Å². The third kappa shape index (κ3) is 6.97. The van der Waals surface area contributed by atoms with Crippen molar-refractivity contribution in [2.24, 2.45) is 5.18 Å². The van der Waals surface area contributed by atoms with Gasteiger partial charge in [-0.25, -0.2) is 0 Å². The number of likely N-dealkylation sites (N-methyl/N-ethyl adjacent to an activating group) is 1. The van der Waals surface area contributed by atoms with Crippen LogP contribution in [0.5, 0.6) is 11.8 Å². The smallest absolute Gasteiger partial charge is 0.459 e. The average Bonchev–Trinajstić information content (AvgIpc) is 2.90. The zero-order chi connectivity index (χ0) is 29.0. The Morgan fingerprint density at radius 1 is 1.18 bits per heavy atom. The van der Waals surface area contributed by atoms with Crippen molar-refractivity contribution in [1.29, 1.82) is 0 Å². The molecule has 2 aromatic rings. The van der Waals surface area contributed by atoms with Crippen LogP contribution in [0.25, 0.3) is 0 Å². The second-order valence-electron chi connectivity index (χ2n) is 9.92. The number of benzene rings is 1. The topological polar surface area (TPSA) is 104 Å². The van der Waals surface area contributed by atoms with Gasteiger partial charge in [0.15, 0.2) is 5.75 Å². The van der Waals surface area contributed by atoms with Gasteiger partial charge in [0.2, 0.25) is 5.91 Å². The molecular weight excluding hydrogens is 531 g/mol. The van der Waals surface area contributed by atoms with Gasteiger partial charge >= 0.3 is 12.4 Å². The van der Waals surface area contributed by atoms with E-state index in [1.807, 2.05) is 25.9 Å². The average molecular weight is 564 g/mol. The number of halogens is 3. The molecule has 216 valence electrons. The lowest BCUT2D eigenvalue weighted by Gasteiger charge is -2.38. The number of nitrogens with zero attached hydrogens (tertiary/aromatic N) is 7. The molecule has 0 aliphatic carbocycles. The molecule has 1 aromatic heterocycles. The standard InChI is InChI=1S/C26H32F3N7O4/c1-5-23(37)34-10-12-35(13-11-34)24-19-8-9-36(16-20(19)30-25(31-24)39-17(2)15-33(3)4)21-14-18(32-38)6-7-22(21)40-26(27,28)29/h5-7,14,17H,1,8-13,15-16H2,2-4H3/t17-/m1/s1. The van der Waals surface area contributed by atoms with Gasteiger partial charge in [-0.15, -0.1) is 18.1 Å². The van der Waals surface area contributed by atoms with Crippen LogP contribution in [-0.2, 0) is 17.8 Å². The SMILES string of the molecule is C=CC(=O)N1CCN(c2nc(O[C@H](C)CN(C)C)nc3c2CCN(c2cc(N=O)ccc2OC(F)(F)F)C3)CC1. The van der Waals surface area contributed by atoms with Crippen LogP contribution in [0.1, 0.15) is 18.2 Å². The maximum Gasteiger partial charge on any atom is 0.573 e. The van der Waals surface area contributed by atoms with Crippen LogP contribution in [0.3, 0.4) is 0 Å². The molecule has 1 atom stereocenters. The number of piperazine rings is 1. The second kappa shape index (κ2) is 12.1. The number of anilines is 2. The lowest BCUT2D eigenvalue weighted by Crippen LogP contribution is -2.49. The molecule has 0 radical (unpaired) electrons. The number of hydrogen-bond donors (Lipinski definition) is 0. The summed E-state index contributed by atoms with van der Waals surface area (Å²) in [7, 11) is 3.84. The first-order chi connectivity index (χ1) is 19.0. The zero-order valence-electron chi connectivity index (χ0n) is 22.6. The number of carbonyl (C=O) groups is 1. The van der Waals surface area contributed by atoms with Gasteiger partial charge in [-0.1, -0.05) is 6.58 Å². The molecule has 1 saturated heterocycles. The predicted octanol–water partition coefficient (Wildman–Crippen LogP) is 3.50. The Labute approximate surface area is 230 Å². The van der Waals surface area contributed by atoms with Gasteiger partial charge in [-0.2, -0.15) is 9.97 Å². The van der Waals surface area contributed by atoms with E-state index in [2.05, 4.69) is 26.4 Å². The molecule has 1 aromatic carbocycles. The molecule has 0 bridgehead atoms. The highest BCUT2D eigenvalue weighted by Gasteiger charge is 2.34. The van der Waals surface area contributed by atoms with Gasteiger partial charge in [-0.05, 0) is 56.9 Å². The van der Waals surface area contributed by atoms with Crippen LogP contribution in [0.15, 0.2) is 36.0 Å². The van der Waals surface area contributed by atoms with E-state index < -0.39 is 12.1 Å². The molecule has 1 fully saturated rings. The number of carbonyl (C=O) groups excluding carboxylic acids is 1. The number of nitroso groups, excluding NO2 is 1. The summed E-state index contributed by atoms with van der Waals surface area (Å²) in [5.74, 6) is 0.111. The molecule has 11 nitrogen and oxygen atoms in total. The van der Waals surface area contributed by atoms with Gasteiger partial charge in [0.05, 0.1) is 17.9 Å². The zero-order valence-corrected chi connectivity index (χ0v) is 22.6. The van der Waals surface area contributed by atoms with Crippen molar-refractivity contribution in [3.63, 3.8) is 0 Å². The molecule has 14 heteroatoms. The second-order valence-corrected chi connectivity index (χ2v) is 9.92. The van der Waals surface area contributed by atoms with E-state index in [4.69, 9.17) is 9.72 Å². The van der Waals surface area contributed by atoms with Crippen molar-refractivity contribution in [1.82, 2.24) is 19.8 Å². The summed E-state index contributed by atoms with van der Waals surface area (Å²) in [5, 5.41) is 2.87. The maximum atomic E-state index is 13.1. The highest BCUT2D eigenvalue weighted by molar-refractivity contribution is 5.87. The molecule has 1 amide bonds. The fraction of sp³-hybridized carbons (Fsp3) is 0.500. The van der Waals surface area contributed by atoms with Crippen LogP contribution in [-0.4, -0.2) is 91.5 Å². The lowest BCUT2D eigenvalue weighted by molar-refractivity contribution is -0.274. The van der Waals surface area contributed by atoms with Gasteiger partial charge in [0, 0.05) is 44.8 Å². The third-order valence-electron chi connectivity index (χ3n) is 6.63. The van der Waals surface area contributed by atoms with Crippen molar-refractivity contribution in [3.05, 3.63) is 47.0 Å². The molecular formula is C26H32F3N7O4. The largest absolute Gasteiger partial charge is 0.573 e. The van der Waals surface area contributed by atoms with Crippen LogP contribution in [0.2, 0.25) is 0 Å². The summed E-state index contributed by atoms with van der Waals surface area (Å²) in [6.07, 6.45) is -3.42. The van der Waals surface area contributed by atoms with E-state index in [9.17, 15) is 22.9 Å². The fourth-order valence-corrected chi connectivity index (χ4v) is 4.93. The monoisotopic (exact) mass is 563 g/mol. The molecule has 3 heterocycles. The first kappa shape index (κ1) is 29.1. The molecule has 0 N–H and O–H groups in total. The third-order valence-corrected chi connectivity index (χ3v) is 6.63. The first-order valence-electron chi connectivity index (χ1n) is 12.8. The van der Waals surface area contributed by atoms with Crippen molar-refractivity contribution < 1.29 is 27.4 Å². The number of aromatic nitrogens is 2. The number of amides is 1. The maximum absolute atomic E-state index is 13.1. The Balaban J connectivity index is 1.68. The Kier molecular flexibility index (Phi) is 8.76. The highest BCUT2D eigenvalue weighted by atomic mass is 19.4. The molecule has 4 rings (SSSR count). The summed E-state index contributed by atoms with van der Waals surface area (Å²) in [6, 6.07) is 3.68. The van der Waals surface area contributed by atoms with Crippen LogP contribution in [0.4, 0.5) is 30.4 Å². The molecule has 40 heavy (non-hydrogen) atoms. The van der Waals surface area contributed by atoms with E-state index >= 15 is 0 Å². The van der Waals surface area contributed by atoms with E-state index in [0.29, 0.717) is 57.2 Å². The summed E-state index contributed by atoms with van der Waals surface area (Å²) in [6.45, 7) is 8.59. The predicted molar refractivity (Wildman–Crippen MR) is 143 cm³/mol.